The Morgan fingerprint density at radius 1 is 1.20 bits per heavy atom. The van der Waals surface area contributed by atoms with Crippen molar-refractivity contribution in [2.45, 2.75) is 24.9 Å². The summed E-state index contributed by atoms with van der Waals surface area (Å²) in [5, 5.41) is 0. The van der Waals surface area contributed by atoms with Crippen molar-refractivity contribution in [3.63, 3.8) is 0 Å². The predicted molar refractivity (Wildman–Crippen MR) is 68.2 cm³/mol. The largest absolute Gasteiger partial charge is 0.356 e. The highest BCUT2D eigenvalue weighted by Gasteiger charge is 2.34. The van der Waals surface area contributed by atoms with Gasteiger partial charge in [-0.3, -0.25) is 0 Å². The molecule has 1 aromatic rings. The lowest BCUT2D eigenvalue weighted by molar-refractivity contribution is 0.393. The molecule has 2 bridgehead atoms. The normalized spacial score (nSPS) is 26.3. The fourth-order valence-electron chi connectivity index (χ4n) is 2.67. The number of fused-ring (bicyclic) bond motifs is 2. The first-order valence-corrected chi connectivity index (χ1v) is 4.97. The van der Waals surface area contributed by atoms with Gasteiger partial charge in [0.25, 0.3) is 0 Å². The van der Waals surface area contributed by atoms with E-state index >= 15 is 0 Å². The number of benzene rings is 1. The monoisotopic (exact) mass is 246 g/mol. The average Bonchev–Trinajstić information content (AvgIpc) is 2.19. The average molecular weight is 247 g/mol. The van der Waals surface area contributed by atoms with E-state index in [1.165, 1.54) is 17.7 Å². The van der Waals surface area contributed by atoms with Crippen molar-refractivity contribution in [3.8, 4) is 0 Å². The Hall–Kier alpha value is -0.440. The van der Waals surface area contributed by atoms with Crippen molar-refractivity contribution in [1.29, 1.82) is 0 Å². The van der Waals surface area contributed by atoms with Gasteiger partial charge in [-0.1, -0.05) is 18.2 Å². The van der Waals surface area contributed by atoms with Gasteiger partial charge in [0, 0.05) is 12.2 Å². The minimum atomic E-state index is 0. The van der Waals surface area contributed by atoms with Gasteiger partial charge in [0.15, 0.2) is 0 Å². The highest BCUT2D eigenvalue weighted by molar-refractivity contribution is 5.85. The maximum absolute atomic E-state index is 6.06. The highest BCUT2D eigenvalue weighted by atomic mass is 35.5. The van der Waals surface area contributed by atoms with Gasteiger partial charge in [0.05, 0.1) is 6.17 Å². The summed E-state index contributed by atoms with van der Waals surface area (Å²) in [6.07, 6.45) is 2.68. The topological polar surface area (TPSA) is 29.3 Å². The third-order valence-corrected chi connectivity index (χ3v) is 3.33. The van der Waals surface area contributed by atoms with Gasteiger partial charge in [0.2, 0.25) is 0 Å². The molecule has 2 atom stereocenters. The fourth-order valence-corrected chi connectivity index (χ4v) is 2.67. The first kappa shape index (κ1) is 12.6. The van der Waals surface area contributed by atoms with E-state index in [2.05, 4.69) is 29.2 Å². The molecule has 1 fully saturated rings. The number of nitrogens with two attached hydrogens (primary N) is 1. The second-order valence-electron chi connectivity index (χ2n) is 4.04. The minimum Gasteiger partial charge on any atom is -0.356 e. The maximum atomic E-state index is 6.06. The standard InChI is InChI=1S/C11H14N2.2ClH/c12-11-7-8-5-6-13(11)10-4-2-1-3-9(8)10;;/h1-4,8,11H,5-7,12H2;2*1H. The summed E-state index contributed by atoms with van der Waals surface area (Å²) in [5.41, 5.74) is 8.94. The van der Waals surface area contributed by atoms with E-state index in [-0.39, 0.29) is 31.0 Å². The van der Waals surface area contributed by atoms with Crippen LogP contribution in [-0.2, 0) is 0 Å². The van der Waals surface area contributed by atoms with Crippen LogP contribution in [0.5, 0.6) is 0 Å². The van der Waals surface area contributed by atoms with Gasteiger partial charge >= 0.3 is 0 Å². The Balaban J connectivity index is 0.000000562. The summed E-state index contributed by atoms with van der Waals surface area (Å²) in [6.45, 7) is 1.14. The zero-order valence-corrected chi connectivity index (χ0v) is 10.1. The van der Waals surface area contributed by atoms with Gasteiger partial charge in [-0.25, -0.2) is 0 Å². The number of halogens is 2. The summed E-state index contributed by atoms with van der Waals surface area (Å²) in [6, 6.07) is 8.68. The quantitative estimate of drug-likeness (QED) is 0.763. The number of para-hydroxylation sites is 1. The Morgan fingerprint density at radius 3 is 2.67 bits per heavy atom. The van der Waals surface area contributed by atoms with E-state index in [0.29, 0.717) is 0 Å². The number of nitrogens with zero attached hydrogens (tertiary/aromatic N) is 1. The molecule has 3 heterocycles. The molecule has 1 saturated heterocycles. The summed E-state index contributed by atoms with van der Waals surface area (Å²) in [7, 11) is 0. The van der Waals surface area contributed by atoms with Crippen molar-refractivity contribution < 1.29 is 0 Å². The Bertz CT molecular complexity index is 343. The van der Waals surface area contributed by atoms with Crippen LogP contribution < -0.4 is 10.6 Å². The second kappa shape index (κ2) is 4.60. The van der Waals surface area contributed by atoms with Gasteiger partial charge in [-0.2, -0.15) is 0 Å². The summed E-state index contributed by atoms with van der Waals surface area (Å²) in [5.74, 6) is 0.719. The first-order chi connectivity index (χ1) is 6.36. The molecule has 4 heteroatoms. The van der Waals surface area contributed by atoms with Crippen LogP contribution in [0.3, 0.4) is 0 Å². The molecule has 0 saturated carbocycles. The van der Waals surface area contributed by atoms with Crippen molar-refractivity contribution in [2.24, 2.45) is 5.73 Å². The predicted octanol–water partition coefficient (Wildman–Crippen LogP) is 2.51. The lowest BCUT2D eigenvalue weighted by atomic mass is 9.81. The molecular weight excluding hydrogens is 231 g/mol. The second-order valence-corrected chi connectivity index (χ2v) is 4.04. The molecule has 0 radical (unpaired) electrons. The number of hydrogen-bond donors (Lipinski definition) is 1. The molecule has 2 unspecified atom stereocenters. The lowest BCUT2D eigenvalue weighted by Crippen LogP contribution is -2.51. The van der Waals surface area contributed by atoms with Crippen LogP contribution in [0.2, 0.25) is 0 Å². The van der Waals surface area contributed by atoms with Crippen LogP contribution in [0.15, 0.2) is 24.3 Å². The smallest absolute Gasteiger partial charge is 0.0776 e. The van der Waals surface area contributed by atoms with Crippen LogP contribution >= 0.6 is 24.8 Å². The van der Waals surface area contributed by atoms with E-state index in [9.17, 15) is 0 Å². The molecule has 0 amide bonds. The van der Waals surface area contributed by atoms with Gasteiger partial charge < -0.3 is 10.6 Å². The van der Waals surface area contributed by atoms with Gasteiger partial charge in [-0.05, 0) is 30.4 Å². The molecule has 3 aliphatic rings. The van der Waals surface area contributed by atoms with Gasteiger partial charge in [0.1, 0.15) is 0 Å². The molecule has 0 aromatic heterocycles. The SMILES string of the molecule is Cl.Cl.NC1CC2CCN1c1ccccc12. The van der Waals surface area contributed by atoms with Crippen molar-refractivity contribution in [3.05, 3.63) is 29.8 Å². The zero-order chi connectivity index (χ0) is 8.84. The van der Waals surface area contributed by atoms with Crippen LogP contribution in [-0.4, -0.2) is 12.7 Å². The Labute approximate surface area is 103 Å². The Kier molecular flexibility index (Phi) is 3.87. The van der Waals surface area contributed by atoms with E-state index in [4.69, 9.17) is 5.73 Å². The van der Waals surface area contributed by atoms with Crippen LogP contribution in [0.1, 0.15) is 24.3 Å². The molecule has 2 N–H and O–H groups in total. The van der Waals surface area contributed by atoms with E-state index in [1.807, 2.05) is 0 Å². The number of piperidine rings is 1. The molecule has 3 aliphatic heterocycles. The van der Waals surface area contributed by atoms with Crippen LogP contribution in [0.25, 0.3) is 0 Å². The third kappa shape index (κ3) is 1.82. The number of hydrogen-bond acceptors (Lipinski definition) is 2. The molecular formula is C11H16Cl2N2. The van der Waals surface area contributed by atoms with E-state index < -0.39 is 0 Å². The van der Waals surface area contributed by atoms with Crippen molar-refractivity contribution in [2.75, 3.05) is 11.4 Å². The van der Waals surface area contributed by atoms with Crippen LogP contribution in [0, 0.1) is 0 Å². The zero-order valence-electron chi connectivity index (χ0n) is 8.43. The molecule has 4 rings (SSSR count). The Morgan fingerprint density at radius 2 is 1.93 bits per heavy atom. The third-order valence-electron chi connectivity index (χ3n) is 3.33. The molecule has 0 spiro atoms. The van der Waals surface area contributed by atoms with Crippen molar-refractivity contribution >= 4 is 30.5 Å². The molecule has 1 aromatic carbocycles. The number of anilines is 1. The summed E-state index contributed by atoms with van der Waals surface area (Å²) >= 11 is 0. The summed E-state index contributed by atoms with van der Waals surface area (Å²) in [4.78, 5) is 2.34. The van der Waals surface area contributed by atoms with Gasteiger partial charge in [-0.15, -0.1) is 24.8 Å². The van der Waals surface area contributed by atoms with Crippen molar-refractivity contribution in [1.82, 2.24) is 0 Å². The maximum Gasteiger partial charge on any atom is 0.0776 e. The van der Waals surface area contributed by atoms with E-state index in [1.54, 1.807) is 0 Å². The number of rotatable bonds is 0. The minimum absolute atomic E-state index is 0. The lowest BCUT2D eigenvalue weighted by Gasteiger charge is -2.46. The highest BCUT2D eigenvalue weighted by Crippen LogP contribution is 2.43. The van der Waals surface area contributed by atoms with Crippen LogP contribution in [0.4, 0.5) is 5.69 Å². The molecule has 2 nitrogen and oxygen atoms in total. The van der Waals surface area contributed by atoms with E-state index in [0.717, 1.165) is 18.9 Å². The molecule has 84 valence electrons. The molecule has 0 aliphatic carbocycles. The molecule has 15 heavy (non-hydrogen) atoms. The summed E-state index contributed by atoms with van der Waals surface area (Å²) < 4.78 is 0. The fraction of sp³-hybridized carbons (Fsp3) is 0.455. The first-order valence-electron chi connectivity index (χ1n) is 4.97.